The van der Waals surface area contributed by atoms with Gasteiger partial charge in [-0.2, -0.15) is 0 Å². The lowest BCUT2D eigenvalue weighted by molar-refractivity contribution is -0.131. The minimum atomic E-state index is -0.0612. The van der Waals surface area contributed by atoms with Gasteiger partial charge >= 0.3 is 0 Å². The van der Waals surface area contributed by atoms with Gasteiger partial charge in [0.1, 0.15) is 0 Å². The zero-order chi connectivity index (χ0) is 11.3. The molecule has 1 saturated carbocycles. The lowest BCUT2D eigenvalue weighted by Crippen LogP contribution is -2.41. The first kappa shape index (κ1) is 15.7. The maximum absolute atomic E-state index is 12.1. The van der Waals surface area contributed by atoms with Crippen LogP contribution in [0.15, 0.2) is 0 Å². The van der Waals surface area contributed by atoms with Crippen LogP contribution in [0.2, 0.25) is 0 Å². The lowest BCUT2D eigenvalue weighted by Gasteiger charge is -2.26. The maximum Gasteiger partial charge on any atom is 0.226 e. The van der Waals surface area contributed by atoms with E-state index in [-0.39, 0.29) is 23.7 Å². The molecule has 1 fully saturated rings. The molecule has 1 unspecified atom stereocenters. The van der Waals surface area contributed by atoms with E-state index in [2.05, 4.69) is 19.2 Å². The molecule has 3 N–H and O–H groups in total. The Balaban J connectivity index is 0.00000225. The highest BCUT2D eigenvalue weighted by Crippen LogP contribution is 2.41. The van der Waals surface area contributed by atoms with E-state index >= 15 is 0 Å². The van der Waals surface area contributed by atoms with E-state index in [0.717, 1.165) is 25.8 Å². The van der Waals surface area contributed by atoms with Gasteiger partial charge in [0.15, 0.2) is 0 Å². The largest absolute Gasteiger partial charge is 0.355 e. The van der Waals surface area contributed by atoms with Gasteiger partial charge in [0.25, 0.3) is 0 Å². The average molecular weight is 249 g/mol. The fourth-order valence-electron chi connectivity index (χ4n) is 2.33. The molecule has 3 nitrogen and oxygen atoms in total. The number of nitrogens with one attached hydrogen (secondary N) is 1. The summed E-state index contributed by atoms with van der Waals surface area (Å²) in [6, 6.07) is 0. The molecule has 96 valence electrons. The molecule has 0 spiro atoms. The molecule has 1 aliphatic carbocycles. The highest BCUT2D eigenvalue weighted by atomic mass is 35.5. The Kier molecular flexibility index (Phi) is 7.00. The Labute approximate surface area is 105 Å². The van der Waals surface area contributed by atoms with Crippen LogP contribution in [0.25, 0.3) is 0 Å². The standard InChI is InChI=1S/C12H24N2O.ClH/c1-3-12(6-4-5-7-12)11(15)14-9-10(2)8-13;/h10H,3-9,13H2,1-2H3,(H,14,15);1H. The summed E-state index contributed by atoms with van der Waals surface area (Å²) in [6.45, 7) is 5.54. The quantitative estimate of drug-likeness (QED) is 0.783. The van der Waals surface area contributed by atoms with Gasteiger partial charge in [-0.3, -0.25) is 4.79 Å². The molecule has 16 heavy (non-hydrogen) atoms. The minimum Gasteiger partial charge on any atom is -0.355 e. The number of nitrogens with two attached hydrogens (primary N) is 1. The summed E-state index contributed by atoms with van der Waals surface area (Å²) < 4.78 is 0. The number of hydrogen-bond donors (Lipinski definition) is 2. The summed E-state index contributed by atoms with van der Waals surface area (Å²) in [5.41, 5.74) is 5.46. The molecule has 0 aromatic heterocycles. The normalized spacial score (nSPS) is 19.9. The molecule has 0 bridgehead atoms. The number of carbonyl (C=O) groups excluding carboxylic acids is 1. The van der Waals surface area contributed by atoms with Crippen molar-refractivity contribution in [2.75, 3.05) is 13.1 Å². The van der Waals surface area contributed by atoms with E-state index in [1.807, 2.05) is 0 Å². The fourth-order valence-corrected chi connectivity index (χ4v) is 2.33. The smallest absolute Gasteiger partial charge is 0.226 e. The molecule has 0 aliphatic heterocycles. The topological polar surface area (TPSA) is 55.1 Å². The average Bonchev–Trinajstić information content (AvgIpc) is 2.75. The molecule has 4 heteroatoms. The third kappa shape index (κ3) is 3.63. The van der Waals surface area contributed by atoms with Crippen molar-refractivity contribution in [3.05, 3.63) is 0 Å². The highest BCUT2D eigenvalue weighted by molar-refractivity contribution is 5.85. The van der Waals surface area contributed by atoms with E-state index in [4.69, 9.17) is 5.73 Å². The molecule has 1 rings (SSSR count). The summed E-state index contributed by atoms with van der Waals surface area (Å²) in [6.07, 6.45) is 5.50. The Morgan fingerprint density at radius 2 is 2.00 bits per heavy atom. The molecule has 1 amide bonds. The Morgan fingerprint density at radius 1 is 1.44 bits per heavy atom. The Bertz CT molecular complexity index is 215. The zero-order valence-corrected chi connectivity index (χ0v) is 11.2. The second-order valence-electron chi connectivity index (χ2n) is 4.89. The first-order valence-electron chi connectivity index (χ1n) is 6.13. The third-order valence-corrected chi connectivity index (χ3v) is 3.73. The second kappa shape index (κ2) is 7.13. The van der Waals surface area contributed by atoms with Gasteiger partial charge in [0.05, 0.1) is 0 Å². The van der Waals surface area contributed by atoms with Crippen LogP contribution in [0.1, 0.15) is 46.0 Å². The fraction of sp³-hybridized carbons (Fsp3) is 0.917. The van der Waals surface area contributed by atoms with Gasteiger partial charge < -0.3 is 11.1 Å². The summed E-state index contributed by atoms with van der Waals surface area (Å²) in [4.78, 5) is 12.1. The second-order valence-corrected chi connectivity index (χ2v) is 4.89. The Hall–Kier alpha value is -0.280. The van der Waals surface area contributed by atoms with Gasteiger partial charge in [0.2, 0.25) is 5.91 Å². The molecule has 0 radical (unpaired) electrons. The molecule has 0 aromatic rings. The Morgan fingerprint density at radius 3 is 2.44 bits per heavy atom. The molecule has 1 atom stereocenters. The van der Waals surface area contributed by atoms with Gasteiger partial charge in [0, 0.05) is 12.0 Å². The molecule has 0 heterocycles. The van der Waals surface area contributed by atoms with Crippen molar-refractivity contribution >= 4 is 18.3 Å². The SMILES string of the molecule is CCC1(C(=O)NCC(C)CN)CCCC1.Cl. The number of hydrogen-bond acceptors (Lipinski definition) is 2. The van der Waals surface area contributed by atoms with Crippen LogP contribution in [0.5, 0.6) is 0 Å². The van der Waals surface area contributed by atoms with Gasteiger partial charge in [-0.05, 0) is 31.7 Å². The molecular formula is C12H25ClN2O. The molecule has 1 aliphatic rings. The highest BCUT2D eigenvalue weighted by Gasteiger charge is 2.38. The van der Waals surface area contributed by atoms with E-state index in [1.54, 1.807) is 0 Å². The predicted octanol–water partition coefficient (Wildman–Crippen LogP) is 2.09. The molecule has 0 saturated heterocycles. The predicted molar refractivity (Wildman–Crippen MR) is 69.7 cm³/mol. The first-order valence-corrected chi connectivity index (χ1v) is 6.13. The molecular weight excluding hydrogens is 224 g/mol. The van der Waals surface area contributed by atoms with Crippen molar-refractivity contribution in [3.63, 3.8) is 0 Å². The monoisotopic (exact) mass is 248 g/mol. The van der Waals surface area contributed by atoms with E-state index in [0.29, 0.717) is 12.5 Å². The summed E-state index contributed by atoms with van der Waals surface area (Å²) in [7, 11) is 0. The number of carbonyl (C=O) groups is 1. The number of amides is 1. The minimum absolute atomic E-state index is 0. The first-order chi connectivity index (χ1) is 7.14. The summed E-state index contributed by atoms with van der Waals surface area (Å²) >= 11 is 0. The molecule has 0 aromatic carbocycles. The van der Waals surface area contributed by atoms with Gasteiger partial charge in [-0.25, -0.2) is 0 Å². The van der Waals surface area contributed by atoms with Crippen LogP contribution < -0.4 is 11.1 Å². The van der Waals surface area contributed by atoms with Crippen molar-refractivity contribution in [1.29, 1.82) is 0 Å². The van der Waals surface area contributed by atoms with Crippen LogP contribution >= 0.6 is 12.4 Å². The van der Waals surface area contributed by atoms with Crippen LogP contribution in [0.4, 0.5) is 0 Å². The van der Waals surface area contributed by atoms with Crippen molar-refractivity contribution in [2.24, 2.45) is 17.1 Å². The van der Waals surface area contributed by atoms with Crippen molar-refractivity contribution in [1.82, 2.24) is 5.32 Å². The van der Waals surface area contributed by atoms with Crippen LogP contribution in [-0.2, 0) is 4.79 Å². The van der Waals surface area contributed by atoms with Crippen molar-refractivity contribution < 1.29 is 4.79 Å². The zero-order valence-electron chi connectivity index (χ0n) is 10.4. The lowest BCUT2D eigenvalue weighted by atomic mass is 9.82. The van der Waals surface area contributed by atoms with E-state index in [1.165, 1.54) is 12.8 Å². The van der Waals surface area contributed by atoms with Crippen LogP contribution in [-0.4, -0.2) is 19.0 Å². The van der Waals surface area contributed by atoms with Crippen LogP contribution in [0.3, 0.4) is 0 Å². The van der Waals surface area contributed by atoms with E-state index in [9.17, 15) is 4.79 Å². The number of halogens is 1. The van der Waals surface area contributed by atoms with Crippen LogP contribution in [0, 0.1) is 11.3 Å². The summed E-state index contributed by atoms with van der Waals surface area (Å²) in [5.74, 6) is 0.632. The summed E-state index contributed by atoms with van der Waals surface area (Å²) in [5, 5.41) is 3.05. The van der Waals surface area contributed by atoms with Gasteiger partial charge in [-0.1, -0.05) is 26.7 Å². The third-order valence-electron chi connectivity index (χ3n) is 3.73. The van der Waals surface area contributed by atoms with Crippen molar-refractivity contribution in [3.8, 4) is 0 Å². The maximum atomic E-state index is 12.1. The van der Waals surface area contributed by atoms with E-state index < -0.39 is 0 Å². The van der Waals surface area contributed by atoms with Crippen molar-refractivity contribution in [2.45, 2.75) is 46.0 Å². The number of rotatable bonds is 5. The van der Waals surface area contributed by atoms with Gasteiger partial charge in [-0.15, -0.1) is 12.4 Å².